The largest absolute Gasteiger partial charge is 0.427 e. The predicted molar refractivity (Wildman–Crippen MR) is 92.2 cm³/mol. The summed E-state index contributed by atoms with van der Waals surface area (Å²) in [6.45, 7) is 12.4. The Kier molecular flexibility index (Phi) is 5.76. The third-order valence-corrected chi connectivity index (χ3v) is 2.67. The Morgan fingerprint density at radius 1 is 0.792 bits per heavy atom. The van der Waals surface area contributed by atoms with E-state index in [0.29, 0.717) is 0 Å². The van der Waals surface area contributed by atoms with Crippen LogP contribution in [0.1, 0.15) is 69.2 Å². The Morgan fingerprint density at radius 2 is 1.17 bits per heavy atom. The summed E-state index contributed by atoms with van der Waals surface area (Å²) in [5, 5.41) is 5.64. The van der Waals surface area contributed by atoms with Crippen LogP contribution in [0.15, 0.2) is 18.2 Å². The van der Waals surface area contributed by atoms with E-state index in [2.05, 4.69) is 10.6 Å². The van der Waals surface area contributed by atoms with Crippen LogP contribution in [0.4, 0.5) is 0 Å². The standard InChI is InChI=1S/C18H26N2O4/c1-11(21)24-14-9-12(15(22)19-17(2,3)4)8-13(10-14)16(23)20-18(5,6)7/h8-10H,1-7H3,(H,19,22)(H,20,23). The second-order valence-electron chi connectivity index (χ2n) is 7.75. The van der Waals surface area contributed by atoms with E-state index in [1.165, 1.54) is 25.1 Å². The van der Waals surface area contributed by atoms with Crippen LogP contribution in [0.2, 0.25) is 0 Å². The zero-order valence-electron chi connectivity index (χ0n) is 15.4. The molecule has 2 N–H and O–H groups in total. The Morgan fingerprint density at radius 3 is 1.46 bits per heavy atom. The van der Waals surface area contributed by atoms with Crippen molar-refractivity contribution < 1.29 is 19.1 Å². The van der Waals surface area contributed by atoms with E-state index in [-0.39, 0.29) is 28.7 Å². The van der Waals surface area contributed by atoms with Crippen LogP contribution in [0.3, 0.4) is 0 Å². The fourth-order valence-electron chi connectivity index (χ4n) is 1.91. The van der Waals surface area contributed by atoms with Gasteiger partial charge in [0, 0.05) is 29.1 Å². The van der Waals surface area contributed by atoms with Gasteiger partial charge >= 0.3 is 5.97 Å². The number of esters is 1. The van der Waals surface area contributed by atoms with Gasteiger partial charge in [0.25, 0.3) is 11.8 Å². The van der Waals surface area contributed by atoms with Crippen molar-refractivity contribution in [1.29, 1.82) is 0 Å². The van der Waals surface area contributed by atoms with Crippen LogP contribution in [-0.2, 0) is 4.79 Å². The molecular weight excluding hydrogens is 308 g/mol. The van der Waals surface area contributed by atoms with Crippen molar-refractivity contribution in [2.24, 2.45) is 0 Å². The van der Waals surface area contributed by atoms with Gasteiger partial charge in [0.2, 0.25) is 0 Å². The van der Waals surface area contributed by atoms with Gasteiger partial charge in [-0.3, -0.25) is 14.4 Å². The molecule has 6 heteroatoms. The fraction of sp³-hybridized carbons (Fsp3) is 0.500. The number of rotatable bonds is 3. The second-order valence-corrected chi connectivity index (χ2v) is 7.75. The summed E-state index contributed by atoms with van der Waals surface area (Å²) >= 11 is 0. The number of hydrogen-bond acceptors (Lipinski definition) is 4. The highest BCUT2D eigenvalue weighted by molar-refractivity contribution is 6.01. The minimum Gasteiger partial charge on any atom is -0.427 e. The second kappa shape index (κ2) is 7.03. The minimum absolute atomic E-state index is 0.156. The van der Waals surface area contributed by atoms with E-state index in [9.17, 15) is 14.4 Å². The number of hydrogen-bond donors (Lipinski definition) is 2. The fourth-order valence-corrected chi connectivity index (χ4v) is 1.91. The molecule has 0 aromatic heterocycles. The first-order chi connectivity index (χ1) is 10.8. The third-order valence-electron chi connectivity index (χ3n) is 2.67. The van der Waals surface area contributed by atoms with Gasteiger partial charge in [0.15, 0.2) is 0 Å². The lowest BCUT2D eigenvalue weighted by Crippen LogP contribution is -2.41. The Bertz CT molecular complexity index is 606. The average molecular weight is 334 g/mol. The SMILES string of the molecule is CC(=O)Oc1cc(C(=O)NC(C)(C)C)cc(C(=O)NC(C)(C)C)c1. The normalized spacial score (nSPS) is 11.6. The predicted octanol–water partition coefficient (Wildman–Crippen LogP) is 2.67. The summed E-state index contributed by atoms with van der Waals surface area (Å²) in [5.41, 5.74) is -0.351. The number of carbonyl (C=O) groups excluding carboxylic acids is 3. The first-order valence-corrected chi connectivity index (χ1v) is 7.75. The monoisotopic (exact) mass is 334 g/mol. The third kappa shape index (κ3) is 6.81. The Balaban J connectivity index is 3.24. The maximum Gasteiger partial charge on any atom is 0.308 e. The molecule has 0 atom stereocenters. The lowest BCUT2D eigenvalue weighted by Gasteiger charge is -2.22. The Labute approximate surface area is 143 Å². The summed E-state index contributed by atoms with van der Waals surface area (Å²) in [4.78, 5) is 36.0. The van der Waals surface area contributed by atoms with E-state index >= 15 is 0 Å². The van der Waals surface area contributed by atoms with Crippen molar-refractivity contribution in [1.82, 2.24) is 10.6 Å². The quantitative estimate of drug-likeness (QED) is 0.657. The number of benzene rings is 1. The molecule has 2 amide bonds. The molecule has 0 fully saturated rings. The van der Waals surface area contributed by atoms with Gasteiger partial charge in [-0.25, -0.2) is 0 Å². The van der Waals surface area contributed by atoms with Crippen LogP contribution in [0.5, 0.6) is 5.75 Å². The summed E-state index contributed by atoms with van der Waals surface area (Å²) in [6.07, 6.45) is 0. The molecule has 1 aromatic carbocycles. The van der Waals surface area contributed by atoms with Crippen LogP contribution in [0, 0.1) is 0 Å². The highest BCUT2D eigenvalue weighted by Gasteiger charge is 2.20. The summed E-state index contributed by atoms with van der Waals surface area (Å²) < 4.78 is 5.06. The number of nitrogens with one attached hydrogen (secondary N) is 2. The van der Waals surface area contributed by atoms with E-state index in [1.807, 2.05) is 41.5 Å². The van der Waals surface area contributed by atoms with Crippen LogP contribution in [-0.4, -0.2) is 28.9 Å². The molecule has 24 heavy (non-hydrogen) atoms. The van der Waals surface area contributed by atoms with E-state index in [1.54, 1.807) is 0 Å². The van der Waals surface area contributed by atoms with E-state index < -0.39 is 17.0 Å². The van der Waals surface area contributed by atoms with Crippen LogP contribution in [0.25, 0.3) is 0 Å². The van der Waals surface area contributed by atoms with Gasteiger partial charge in [-0.1, -0.05) is 0 Å². The summed E-state index contributed by atoms with van der Waals surface area (Å²) in [5.74, 6) is -1.06. The van der Waals surface area contributed by atoms with E-state index in [4.69, 9.17) is 4.74 Å². The molecule has 6 nitrogen and oxygen atoms in total. The minimum atomic E-state index is -0.523. The molecule has 0 heterocycles. The molecule has 0 aliphatic heterocycles. The number of ether oxygens (including phenoxy) is 1. The number of amides is 2. The van der Waals surface area contributed by atoms with Crippen molar-refractivity contribution in [2.75, 3.05) is 0 Å². The van der Waals surface area contributed by atoms with Gasteiger partial charge in [-0.05, 0) is 59.7 Å². The zero-order chi connectivity index (χ0) is 18.7. The van der Waals surface area contributed by atoms with Crippen molar-refractivity contribution >= 4 is 17.8 Å². The molecule has 0 radical (unpaired) electrons. The lowest BCUT2D eigenvalue weighted by molar-refractivity contribution is -0.131. The van der Waals surface area contributed by atoms with Crippen LogP contribution >= 0.6 is 0 Å². The molecule has 0 saturated carbocycles. The highest BCUT2D eigenvalue weighted by atomic mass is 16.5. The lowest BCUT2D eigenvalue weighted by atomic mass is 10.0. The summed E-state index contributed by atoms with van der Waals surface area (Å²) in [7, 11) is 0. The molecule has 1 rings (SSSR count). The van der Waals surface area contributed by atoms with Crippen molar-refractivity contribution in [2.45, 2.75) is 59.5 Å². The molecule has 0 aliphatic rings. The maximum absolute atomic E-state index is 12.4. The summed E-state index contributed by atoms with van der Waals surface area (Å²) in [6, 6.07) is 4.36. The van der Waals surface area contributed by atoms with Gasteiger partial charge in [-0.2, -0.15) is 0 Å². The van der Waals surface area contributed by atoms with Crippen molar-refractivity contribution in [3.63, 3.8) is 0 Å². The van der Waals surface area contributed by atoms with E-state index in [0.717, 1.165) is 0 Å². The zero-order valence-corrected chi connectivity index (χ0v) is 15.4. The molecule has 1 aromatic rings. The average Bonchev–Trinajstić information content (AvgIpc) is 2.33. The molecule has 0 bridgehead atoms. The first kappa shape index (κ1) is 19.7. The molecule has 0 saturated heterocycles. The highest BCUT2D eigenvalue weighted by Crippen LogP contribution is 2.19. The molecular formula is C18H26N2O4. The number of carbonyl (C=O) groups is 3. The van der Waals surface area contributed by atoms with Gasteiger partial charge < -0.3 is 15.4 Å². The van der Waals surface area contributed by atoms with Gasteiger partial charge in [0.1, 0.15) is 5.75 Å². The smallest absolute Gasteiger partial charge is 0.308 e. The Hall–Kier alpha value is -2.37. The van der Waals surface area contributed by atoms with Crippen molar-refractivity contribution in [3.8, 4) is 5.75 Å². The van der Waals surface area contributed by atoms with Gasteiger partial charge in [-0.15, -0.1) is 0 Å². The topological polar surface area (TPSA) is 84.5 Å². The first-order valence-electron chi connectivity index (χ1n) is 7.75. The van der Waals surface area contributed by atoms with Crippen LogP contribution < -0.4 is 15.4 Å². The molecule has 0 unspecified atom stereocenters. The molecule has 0 spiro atoms. The molecule has 132 valence electrons. The maximum atomic E-state index is 12.4. The molecule has 0 aliphatic carbocycles. The van der Waals surface area contributed by atoms with Gasteiger partial charge in [0.05, 0.1) is 0 Å². The van der Waals surface area contributed by atoms with Crippen molar-refractivity contribution in [3.05, 3.63) is 29.3 Å².